The Bertz CT molecular complexity index is 348. The second kappa shape index (κ2) is 7.29. The summed E-state index contributed by atoms with van der Waals surface area (Å²) < 4.78 is 0. The van der Waals surface area contributed by atoms with E-state index in [1.165, 1.54) is 38.5 Å². The molecule has 0 saturated heterocycles. The van der Waals surface area contributed by atoms with Crippen LogP contribution in [0.4, 0.5) is 0 Å². The van der Waals surface area contributed by atoms with E-state index in [2.05, 4.69) is 65.8 Å². The molecule has 0 amide bonds. The lowest BCUT2D eigenvalue weighted by Gasteiger charge is -2.19. The molecule has 1 rings (SSSR count). The Morgan fingerprint density at radius 1 is 0.650 bits per heavy atom. The Morgan fingerprint density at radius 3 is 1.30 bits per heavy atom. The molecule has 0 aliphatic heterocycles. The van der Waals surface area contributed by atoms with Gasteiger partial charge in [-0.05, 0) is 60.5 Å². The van der Waals surface area contributed by atoms with Gasteiger partial charge in [0.25, 0.3) is 0 Å². The fourth-order valence-electron chi connectivity index (χ4n) is 2.66. The molecule has 0 heteroatoms. The van der Waals surface area contributed by atoms with Crippen LogP contribution in [0.25, 0.3) is 0 Å². The highest BCUT2D eigenvalue weighted by molar-refractivity contribution is 5.27. The number of aryl methyl sites for hydroxylation is 2. The largest absolute Gasteiger partial charge is 0.0620 e. The zero-order chi connectivity index (χ0) is 15.2. The SMILES string of the molecule is CC(C)(C)CCCc1ccccc1CCCC(C)(C)C. The maximum Gasteiger partial charge on any atom is -0.0276 e. The van der Waals surface area contributed by atoms with Gasteiger partial charge in [-0.2, -0.15) is 0 Å². The summed E-state index contributed by atoms with van der Waals surface area (Å²) in [5.41, 5.74) is 4.07. The molecule has 20 heavy (non-hydrogen) atoms. The van der Waals surface area contributed by atoms with Crippen LogP contribution in [0.5, 0.6) is 0 Å². The van der Waals surface area contributed by atoms with Gasteiger partial charge in [0.05, 0.1) is 0 Å². The van der Waals surface area contributed by atoms with E-state index in [0.717, 1.165) is 0 Å². The van der Waals surface area contributed by atoms with Crippen molar-refractivity contribution in [2.75, 3.05) is 0 Å². The van der Waals surface area contributed by atoms with E-state index >= 15 is 0 Å². The van der Waals surface area contributed by atoms with Gasteiger partial charge in [0.1, 0.15) is 0 Å². The lowest BCUT2D eigenvalue weighted by atomic mass is 9.86. The average Bonchev–Trinajstić information content (AvgIpc) is 2.28. The van der Waals surface area contributed by atoms with E-state index in [4.69, 9.17) is 0 Å². The molecule has 0 aliphatic carbocycles. The quantitative estimate of drug-likeness (QED) is 0.561. The first-order valence-electron chi connectivity index (χ1n) is 8.24. The summed E-state index contributed by atoms with van der Waals surface area (Å²) in [6, 6.07) is 9.05. The molecule has 0 atom stereocenters. The topological polar surface area (TPSA) is 0 Å². The summed E-state index contributed by atoms with van der Waals surface area (Å²) in [4.78, 5) is 0. The molecular formula is C20H34. The lowest BCUT2D eigenvalue weighted by molar-refractivity contribution is 0.362. The molecule has 0 heterocycles. The molecule has 0 nitrogen and oxygen atoms in total. The van der Waals surface area contributed by atoms with Crippen LogP contribution in [0.1, 0.15) is 78.4 Å². The normalized spacial score (nSPS) is 12.7. The van der Waals surface area contributed by atoms with Gasteiger partial charge in [-0.3, -0.25) is 0 Å². The summed E-state index contributed by atoms with van der Waals surface area (Å²) in [6.07, 6.45) is 7.71. The second-order valence-corrected chi connectivity index (χ2v) is 8.60. The molecule has 0 saturated carbocycles. The molecule has 1 aromatic rings. The minimum Gasteiger partial charge on any atom is -0.0620 e. The van der Waals surface area contributed by atoms with E-state index in [-0.39, 0.29) is 0 Å². The van der Waals surface area contributed by atoms with Crippen LogP contribution in [-0.4, -0.2) is 0 Å². The minimum absolute atomic E-state index is 0.460. The van der Waals surface area contributed by atoms with Gasteiger partial charge in [-0.25, -0.2) is 0 Å². The van der Waals surface area contributed by atoms with Crippen LogP contribution in [0, 0.1) is 10.8 Å². The van der Waals surface area contributed by atoms with Crippen LogP contribution in [0.2, 0.25) is 0 Å². The van der Waals surface area contributed by atoms with E-state index in [1.54, 1.807) is 11.1 Å². The van der Waals surface area contributed by atoms with Crippen molar-refractivity contribution in [1.82, 2.24) is 0 Å². The smallest absolute Gasteiger partial charge is 0.0276 e. The Morgan fingerprint density at radius 2 is 1.00 bits per heavy atom. The number of benzene rings is 1. The number of rotatable bonds is 6. The Balaban J connectivity index is 2.51. The summed E-state index contributed by atoms with van der Waals surface area (Å²) in [5.74, 6) is 0. The number of hydrogen-bond acceptors (Lipinski definition) is 0. The zero-order valence-corrected chi connectivity index (χ0v) is 14.6. The Kier molecular flexibility index (Phi) is 6.30. The van der Waals surface area contributed by atoms with E-state index in [9.17, 15) is 0 Å². The summed E-state index contributed by atoms with van der Waals surface area (Å²) >= 11 is 0. The Hall–Kier alpha value is -0.780. The van der Waals surface area contributed by atoms with E-state index in [0.29, 0.717) is 10.8 Å². The summed E-state index contributed by atoms with van der Waals surface area (Å²) in [7, 11) is 0. The van der Waals surface area contributed by atoms with Crippen molar-refractivity contribution in [2.24, 2.45) is 10.8 Å². The van der Waals surface area contributed by atoms with Crippen molar-refractivity contribution in [2.45, 2.75) is 80.1 Å². The van der Waals surface area contributed by atoms with Crippen molar-refractivity contribution in [3.05, 3.63) is 35.4 Å². The highest BCUT2D eigenvalue weighted by Crippen LogP contribution is 2.25. The fraction of sp³-hybridized carbons (Fsp3) is 0.700. The van der Waals surface area contributed by atoms with Crippen molar-refractivity contribution >= 4 is 0 Å². The first kappa shape index (κ1) is 17.3. The van der Waals surface area contributed by atoms with Crippen LogP contribution in [0.3, 0.4) is 0 Å². The summed E-state index contributed by atoms with van der Waals surface area (Å²) in [6.45, 7) is 14.0. The standard InChI is InChI=1S/C20H34/c1-19(2,3)15-9-13-17-11-7-8-12-18(17)14-10-16-20(4,5)6/h7-8,11-12H,9-10,13-16H2,1-6H3. The molecule has 0 aromatic heterocycles. The summed E-state index contributed by atoms with van der Waals surface area (Å²) in [5, 5.41) is 0. The average molecular weight is 274 g/mol. The van der Waals surface area contributed by atoms with Gasteiger partial charge in [-0.1, -0.05) is 65.8 Å². The van der Waals surface area contributed by atoms with Crippen LogP contribution < -0.4 is 0 Å². The highest BCUT2D eigenvalue weighted by Gasteiger charge is 2.12. The molecular weight excluding hydrogens is 240 g/mol. The fourth-order valence-corrected chi connectivity index (χ4v) is 2.66. The van der Waals surface area contributed by atoms with E-state index < -0.39 is 0 Å². The van der Waals surface area contributed by atoms with Gasteiger partial charge in [0, 0.05) is 0 Å². The maximum atomic E-state index is 2.34. The van der Waals surface area contributed by atoms with Gasteiger partial charge in [0.2, 0.25) is 0 Å². The lowest BCUT2D eigenvalue weighted by Crippen LogP contribution is -2.07. The molecule has 0 unspecified atom stereocenters. The van der Waals surface area contributed by atoms with Gasteiger partial charge >= 0.3 is 0 Å². The third kappa shape index (κ3) is 7.72. The van der Waals surface area contributed by atoms with Gasteiger partial charge in [0.15, 0.2) is 0 Å². The van der Waals surface area contributed by atoms with Gasteiger partial charge in [-0.15, -0.1) is 0 Å². The first-order chi connectivity index (χ1) is 9.17. The molecule has 0 N–H and O–H groups in total. The van der Waals surface area contributed by atoms with Crippen molar-refractivity contribution in [3.8, 4) is 0 Å². The minimum atomic E-state index is 0.460. The van der Waals surface area contributed by atoms with Crippen molar-refractivity contribution in [1.29, 1.82) is 0 Å². The van der Waals surface area contributed by atoms with Crippen LogP contribution in [0.15, 0.2) is 24.3 Å². The molecule has 0 aliphatic rings. The van der Waals surface area contributed by atoms with Crippen LogP contribution >= 0.6 is 0 Å². The van der Waals surface area contributed by atoms with Crippen molar-refractivity contribution in [3.63, 3.8) is 0 Å². The molecule has 114 valence electrons. The van der Waals surface area contributed by atoms with Crippen LogP contribution in [-0.2, 0) is 12.8 Å². The zero-order valence-electron chi connectivity index (χ0n) is 14.6. The Labute approximate surface area is 127 Å². The second-order valence-electron chi connectivity index (χ2n) is 8.60. The molecule has 1 aromatic carbocycles. The predicted octanol–water partition coefficient (Wildman–Crippen LogP) is 6.42. The molecule has 0 spiro atoms. The monoisotopic (exact) mass is 274 g/mol. The van der Waals surface area contributed by atoms with E-state index in [1.807, 2.05) is 0 Å². The highest BCUT2D eigenvalue weighted by atomic mass is 14.2. The molecule has 0 fully saturated rings. The molecule has 0 bridgehead atoms. The predicted molar refractivity (Wildman–Crippen MR) is 91.2 cm³/mol. The number of hydrogen-bond donors (Lipinski definition) is 0. The van der Waals surface area contributed by atoms with Gasteiger partial charge < -0.3 is 0 Å². The molecule has 0 radical (unpaired) electrons. The third-order valence-corrected chi connectivity index (χ3v) is 3.86. The first-order valence-corrected chi connectivity index (χ1v) is 8.24. The maximum absolute atomic E-state index is 2.34. The van der Waals surface area contributed by atoms with Crippen molar-refractivity contribution < 1.29 is 0 Å². The third-order valence-electron chi connectivity index (χ3n) is 3.86.